The fourth-order valence-electron chi connectivity index (χ4n) is 1.87. The maximum atomic E-state index is 5.78. The van der Waals surface area contributed by atoms with E-state index in [0.717, 1.165) is 24.8 Å². The molecule has 4 heteroatoms. The maximum Gasteiger partial charge on any atom is 0.224 e. The number of aromatic nitrogens is 2. The highest BCUT2D eigenvalue weighted by atomic mass is 35.5. The molecule has 15 heavy (non-hydrogen) atoms. The van der Waals surface area contributed by atoms with Gasteiger partial charge in [0.2, 0.25) is 5.28 Å². The van der Waals surface area contributed by atoms with Gasteiger partial charge >= 0.3 is 0 Å². The first kappa shape index (κ1) is 10.7. The van der Waals surface area contributed by atoms with Gasteiger partial charge in [-0.25, -0.2) is 9.97 Å². The second-order valence-corrected chi connectivity index (χ2v) is 4.36. The minimum Gasteiger partial charge on any atom is -0.356 e. The van der Waals surface area contributed by atoms with Crippen LogP contribution in [0.25, 0.3) is 0 Å². The van der Waals surface area contributed by atoms with Gasteiger partial charge in [0.1, 0.15) is 5.82 Å². The molecule has 0 saturated heterocycles. The summed E-state index contributed by atoms with van der Waals surface area (Å²) in [6, 6.07) is 1.92. The molecule has 82 valence electrons. The Kier molecular flexibility index (Phi) is 3.41. The van der Waals surface area contributed by atoms with Crippen molar-refractivity contribution < 1.29 is 0 Å². The average molecular weight is 226 g/mol. The van der Waals surface area contributed by atoms with Crippen molar-refractivity contribution in [2.45, 2.75) is 26.2 Å². The first-order valence-electron chi connectivity index (χ1n) is 5.53. The predicted octanol–water partition coefficient (Wildman–Crippen LogP) is 2.76. The summed E-state index contributed by atoms with van der Waals surface area (Å²) < 4.78 is 0. The minimum atomic E-state index is 0.333. The van der Waals surface area contributed by atoms with E-state index >= 15 is 0 Å². The van der Waals surface area contributed by atoms with E-state index < -0.39 is 0 Å². The molecule has 1 aromatic rings. The molecule has 0 N–H and O–H groups in total. The Balaban J connectivity index is 2.04. The fourth-order valence-corrected chi connectivity index (χ4v) is 2.02. The van der Waals surface area contributed by atoms with Crippen molar-refractivity contribution in [2.24, 2.45) is 5.92 Å². The van der Waals surface area contributed by atoms with Gasteiger partial charge in [-0.1, -0.05) is 6.42 Å². The van der Waals surface area contributed by atoms with Crippen molar-refractivity contribution in [3.05, 3.63) is 17.5 Å². The quantitative estimate of drug-likeness (QED) is 0.738. The molecule has 1 heterocycles. The van der Waals surface area contributed by atoms with Gasteiger partial charge in [-0.05, 0) is 43.4 Å². The Hall–Kier alpha value is -0.830. The molecule has 1 saturated carbocycles. The summed E-state index contributed by atoms with van der Waals surface area (Å²) in [5.41, 5.74) is 0. The molecule has 0 amide bonds. The molecule has 1 aliphatic carbocycles. The van der Waals surface area contributed by atoms with Gasteiger partial charge in [0.05, 0.1) is 0 Å². The normalized spacial score (nSPS) is 16.1. The van der Waals surface area contributed by atoms with Crippen LogP contribution >= 0.6 is 11.6 Å². The van der Waals surface area contributed by atoms with Crippen LogP contribution in [0.15, 0.2) is 12.3 Å². The second-order valence-electron chi connectivity index (χ2n) is 4.02. The molecule has 1 aromatic heterocycles. The summed E-state index contributed by atoms with van der Waals surface area (Å²) in [5, 5.41) is 0.333. The largest absolute Gasteiger partial charge is 0.356 e. The van der Waals surface area contributed by atoms with Gasteiger partial charge in [0.15, 0.2) is 0 Å². The van der Waals surface area contributed by atoms with Crippen LogP contribution in [0.4, 0.5) is 5.82 Å². The first-order valence-corrected chi connectivity index (χ1v) is 5.91. The number of rotatable bonds is 4. The topological polar surface area (TPSA) is 29.0 Å². The Labute approximate surface area is 95.5 Å². The van der Waals surface area contributed by atoms with Gasteiger partial charge < -0.3 is 4.90 Å². The first-order chi connectivity index (χ1) is 7.29. The molecule has 0 bridgehead atoms. The molecule has 0 unspecified atom stereocenters. The van der Waals surface area contributed by atoms with Gasteiger partial charge in [-0.15, -0.1) is 0 Å². The van der Waals surface area contributed by atoms with E-state index in [2.05, 4.69) is 21.8 Å². The van der Waals surface area contributed by atoms with Gasteiger partial charge in [-0.3, -0.25) is 0 Å². The van der Waals surface area contributed by atoms with E-state index in [1.54, 1.807) is 6.20 Å². The summed E-state index contributed by atoms with van der Waals surface area (Å²) in [6.45, 7) is 4.22. The SMILES string of the molecule is CCN(CC1CCC1)c1ccnc(Cl)n1. The average Bonchev–Trinajstić information content (AvgIpc) is 2.16. The van der Waals surface area contributed by atoms with Crippen LogP contribution in [0.5, 0.6) is 0 Å². The van der Waals surface area contributed by atoms with Crippen molar-refractivity contribution in [3.63, 3.8) is 0 Å². The Morgan fingerprint density at radius 2 is 2.33 bits per heavy atom. The molecule has 0 radical (unpaired) electrons. The smallest absolute Gasteiger partial charge is 0.224 e. The summed E-state index contributed by atoms with van der Waals surface area (Å²) in [6.07, 6.45) is 5.81. The third-order valence-corrected chi connectivity index (χ3v) is 3.20. The number of halogens is 1. The molecule has 1 fully saturated rings. The lowest BCUT2D eigenvalue weighted by atomic mass is 9.85. The highest BCUT2D eigenvalue weighted by molar-refractivity contribution is 6.28. The van der Waals surface area contributed by atoms with Crippen LogP contribution in [0.3, 0.4) is 0 Å². The molecule has 2 rings (SSSR count). The van der Waals surface area contributed by atoms with E-state index in [4.69, 9.17) is 11.6 Å². The van der Waals surface area contributed by atoms with Crippen LogP contribution in [0, 0.1) is 5.92 Å². The maximum absolute atomic E-state index is 5.78. The summed E-state index contributed by atoms with van der Waals surface area (Å²) in [7, 11) is 0. The number of hydrogen-bond donors (Lipinski definition) is 0. The highest BCUT2D eigenvalue weighted by Gasteiger charge is 2.20. The van der Waals surface area contributed by atoms with Crippen LogP contribution in [0.1, 0.15) is 26.2 Å². The zero-order valence-corrected chi connectivity index (χ0v) is 9.74. The van der Waals surface area contributed by atoms with E-state index in [1.165, 1.54) is 19.3 Å². The van der Waals surface area contributed by atoms with Gasteiger partial charge in [0, 0.05) is 19.3 Å². The minimum absolute atomic E-state index is 0.333. The Morgan fingerprint density at radius 1 is 1.53 bits per heavy atom. The molecule has 3 nitrogen and oxygen atoms in total. The molecule has 1 aliphatic rings. The third-order valence-electron chi connectivity index (χ3n) is 3.02. The monoisotopic (exact) mass is 225 g/mol. The highest BCUT2D eigenvalue weighted by Crippen LogP contribution is 2.28. The second kappa shape index (κ2) is 4.79. The lowest BCUT2D eigenvalue weighted by Gasteiger charge is -2.32. The summed E-state index contributed by atoms with van der Waals surface area (Å²) in [5.74, 6) is 1.79. The lowest BCUT2D eigenvalue weighted by Crippen LogP contribution is -2.33. The predicted molar refractivity (Wildman–Crippen MR) is 62.3 cm³/mol. The van der Waals surface area contributed by atoms with Crippen LogP contribution in [-0.4, -0.2) is 23.1 Å². The van der Waals surface area contributed by atoms with E-state index in [0.29, 0.717) is 5.28 Å². The number of nitrogens with zero attached hydrogens (tertiary/aromatic N) is 3. The van der Waals surface area contributed by atoms with Crippen LogP contribution in [0.2, 0.25) is 5.28 Å². The van der Waals surface area contributed by atoms with E-state index in [-0.39, 0.29) is 0 Å². The van der Waals surface area contributed by atoms with E-state index in [9.17, 15) is 0 Å². The molecule has 0 aromatic carbocycles. The van der Waals surface area contributed by atoms with Crippen molar-refractivity contribution in [1.29, 1.82) is 0 Å². The van der Waals surface area contributed by atoms with Gasteiger partial charge in [0.25, 0.3) is 0 Å². The zero-order valence-electron chi connectivity index (χ0n) is 8.99. The van der Waals surface area contributed by atoms with Crippen molar-refractivity contribution in [2.75, 3.05) is 18.0 Å². The lowest BCUT2D eigenvalue weighted by molar-refractivity contribution is 0.318. The van der Waals surface area contributed by atoms with Crippen LogP contribution in [-0.2, 0) is 0 Å². The third kappa shape index (κ3) is 2.59. The van der Waals surface area contributed by atoms with Crippen molar-refractivity contribution in [3.8, 4) is 0 Å². The molecule has 0 atom stereocenters. The fraction of sp³-hybridized carbons (Fsp3) is 0.636. The molecular formula is C11H16ClN3. The van der Waals surface area contributed by atoms with Crippen LogP contribution < -0.4 is 4.90 Å². The number of hydrogen-bond acceptors (Lipinski definition) is 3. The standard InChI is InChI=1S/C11H16ClN3/c1-2-15(8-9-4-3-5-9)10-6-7-13-11(12)14-10/h6-7,9H,2-5,8H2,1H3. The Morgan fingerprint density at radius 3 is 2.87 bits per heavy atom. The van der Waals surface area contributed by atoms with E-state index in [1.807, 2.05) is 6.07 Å². The molecule has 0 aliphatic heterocycles. The van der Waals surface area contributed by atoms with Crippen molar-refractivity contribution in [1.82, 2.24) is 9.97 Å². The van der Waals surface area contributed by atoms with Crippen molar-refractivity contribution >= 4 is 17.4 Å². The summed E-state index contributed by atoms with van der Waals surface area (Å²) >= 11 is 5.78. The Bertz CT molecular complexity index is 325. The molecule has 0 spiro atoms. The zero-order chi connectivity index (χ0) is 10.7. The number of anilines is 1. The molecular weight excluding hydrogens is 210 g/mol. The van der Waals surface area contributed by atoms with Gasteiger partial charge in [-0.2, -0.15) is 0 Å². The summed E-state index contributed by atoms with van der Waals surface area (Å²) in [4.78, 5) is 10.4.